The number of hydrogen-bond donors (Lipinski definition) is 2. The van der Waals surface area contributed by atoms with Crippen LogP contribution in [0, 0.1) is 18.8 Å². The molecule has 0 saturated carbocycles. The molecular weight excluding hydrogens is 386 g/mol. The third kappa shape index (κ3) is 4.82. The van der Waals surface area contributed by atoms with Gasteiger partial charge in [-0.2, -0.15) is 0 Å². The van der Waals surface area contributed by atoms with Gasteiger partial charge >= 0.3 is 0 Å². The largest absolute Gasteiger partial charge is 0.388 e. The Morgan fingerprint density at radius 1 is 1.30 bits per heavy atom. The quantitative estimate of drug-likeness (QED) is 0.547. The fraction of sp³-hybridized carbons (Fsp3) is 0.273. The van der Waals surface area contributed by atoms with Gasteiger partial charge in [-0.15, -0.1) is 0 Å². The van der Waals surface area contributed by atoms with Crippen LogP contribution in [-0.2, 0) is 9.59 Å². The first-order chi connectivity index (χ1) is 14.2. The number of allylic oxidation sites excluding steroid dienone is 1. The monoisotopic (exact) mass is 409 g/mol. The summed E-state index contributed by atoms with van der Waals surface area (Å²) in [6, 6.07) is 8.21. The number of amides is 2. The van der Waals surface area contributed by atoms with Gasteiger partial charge in [0, 0.05) is 31.3 Å². The Bertz CT molecular complexity index is 1010. The maximum Gasteiger partial charge on any atom is 0.254 e. The lowest BCUT2D eigenvalue weighted by Crippen LogP contribution is -2.62. The van der Waals surface area contributed by atoms with E-state index < -0.39 is 29.7 Å². The molecule has 1 atom stereocenters. The van der Waals surface area contributed by atoms with Gasteiger partial charge in [-0.25, -0.2) is 0 Å². The second-order valence-corrected chi connectivity index (χ2v) is 6.64. The molecule has 0 fully saturated rings. The maximum absolute atomic E-state index is 12.8. The van der Waals surface area contributed by atoms with Gasteiger partial charge in [0.05, 0.1) is 0 Å². The number of Topliss-reactive ketones (excluding diaryl/α,β-unsaturated/α-hetero) is 1. The summed E-state index contributed by atoms with van der Waals surface area (Å²) in [6.07, 6.45) is 3.35. The number of benzene rings is 1. The molecule has 1 heterocycles. The number of aliphatic hydroxyl groups is 1. The van der Waals surface area contributed by atoms with Gasteiger partial charge in [-0.1, -0.05) is 17.0 Å². The molecule has 0 aliphatic carbocycles. The predicted molar refractivity (Wildman–Crippen MR) is 110 cm³/mol. The fourth-order valence-electron chi connectivity index (χ4n) is 2.67. The van der Waals surface area contributed by atoms with E-state index in [4.69, 9.17) is 4.52 Å². The van der Waals surface area contributed by atoms with Crippen molar-refractivity contribution in [2.24, 2.45) is 0 Å². The molecule has 0 bridgehead atoms. The topological polar surface area (TPSA) is 113 Å². The molecule has 1 aromatic heterocycles. The van der Waals surface area contributed by atoms with Crippen LogP contribution in [0.15, 0.2) is 40.9 Å². The zero-order valence-corrected chi connectivity index (χ0v) is 17.2. The minimum absolute atomic E-state index is 0.275. The Hall–Kier alpha value is -3.70. The highest BCUT2D eigenvalue weighted by molar-refractivity contribution is 6.14. The van der Waals surface area contributed by atoms with Crippen LogP contribution in [0.4, 0.5) is 0 Å². The van der Waals surface area contributed by atoms with Crippen LogP contribution in [0.5, 0.6) is 0 Å². The number of carbonyl (C=O) groups is 3. The molecule has 0 aliphatic rings. The number of aromatic nitrogens is 1. The summed E-state index contributed by atoms with van der Waals surface area (Å²) < 4.78 is 4.96. The van der Waals surface area contributed by atoms with Crippen LogP contribution < -0.4 is 5.32 Å². The summed E-state index contributed by atoms with van der Waals surface area (Å²) in [7, 11) is 2.70. The van der Waals surface area contributed by atoms with Gasteiger partial charge < -0.3 is 19.8 Å². The first-order valence-corrected chi connectivity index (χ1v) is 9.10. The molecule has 0 spiro atoms. The SMILES string of the molecule is CNC(=O)[C@@](C)(C(=O)CO)N(C)C(=O)c1ccc(C#CC=Cc2cc(C)on2)cc1. The van der Waals surface area contributed by atoms with Gasteiger partial charge in [0.2, 0.25) is 0 Å². The molecule has 2 aromatic rings. The van der Waals surface area contributed by atoms with Gasteiger partial charge in [-0.05, 0) is 50.3 Å². The van der Waals surface area contributed by atoms with Gasteiger partial charge in [0.1, 0.15) is 18.1 Å². The molecule has 1 aromatic carbocycles. The number of carbonyl (C=O) groups excluding carboxylic acids is 3. The summed E-state index contributed by atoms with van der Waals surface area (Å²) in [5.41, 5.74) is -0.209. The Morgan fingerprint density at radius 2 is 1.97 bits per heavy atom. The lowest BCUT2D eigenvalue weighted by Gasteiger charge is -2.35. The van der Waals surface area contributed by atoms with Crippen molar-refractivity contribution in [3.05, 3.63) is 59.0 Å². The molecule has 2 N–H and O–H groups in total. The highest BCUT2D eigenvalue weighted by atomic mass is 16.5. The minimum Gasteiger partial charge on any atom is -0.388 e. The van der Waals surface area contributed by atoms with Crippen molar-refractivity contribution < 1.29 is 24.0 Å². The lowest BCUT2D eigenvalue weighted by molar-refractivity contribution is -0.143. The number of ketones is 1. The van der Waals surface area contributed by atoms with Crippen molar-refractivity contribution in [3.63, 3.8) is 0 Å². The van der Waals surface area contributed by atoms with Gasteiger partial charge in [0.15, 0.2) is 11.3 Å². The van der Waals surface area contributed by atoms with Gasteiger partial charge in [0.25, 0.3) is 11.8 Å². The molecule has 0 aliphatic heterocycles. The average molecular weight is 409 g/mol. The van der Waals surface area contributed by atoms with E-state index in [-0.39, 0.29) is 5.56 Å². The molecule has 2 rings (SSSR count). The van der Waals surface area contributed by atoms with Crippen LogP contribution in [0.2, 0.25) is 0 Å². The molecular formula is C22H23N3O5. The van der Waals surface area contributed by atoms with E-state index in [1.165, 1.54) is 21.0 Å². The molecule has 156 valence electrons. The van der Waals surface area contributed by atoms with Gasteiger partial charge in [-0.3, -0.25) is 14.4 Å². The second kappa shape index (κ2) is 9.67. The molecule has 2 amide bonds. The number of likely N-dealkylation sites (N-methyl/N-ethyl adjacent to an activating group) is 2. The molecule has 0 radical (unpaired) electrons. The Morgan fingerprint density at radius 3 is 2.50 bits per heavy atom. The lowest BCUT2D eigenvalue weighted by atomic mass is 9.92. The first-order valence-electron chi connectivity index (χ1n) is 9.10. The third-order valence-electron chi connectivity index (χ3n) is 4.66. The van der Waals surface area contributed by atoms with Crippen molar-refractivity contribution in [3.8, 4) is 11.8 Å². The number of aryl methyl sites for hydroxylation is 1. The van der Waals surface area contributed by atoms with Crippen molar-refractivity contribution in [2.45, 2.75) is 19.4 Å². The van der Waals surface area contributed by atoms with Crippen LogP contribution >= 0.6 is 0 Å². The van der Waals surface area contributed by atoms with E-state index in [9.17, 15) is 19.5 Å². The Labute approximate surface area is 174 Å². The summed E-state index contributed by atoms with van der Waals surface area (Å²) >= 11 is 0. The Kier molecular flexibility index (Phi) is 7.28. The fourth-order valence-corrected chi connectivity index (χ4v) is 2.67. The van der Waals surface area contributed by atoms with Crippen LogP contribution in [0.25, 0.3) is 6.08 Å². The number of nitrogens with one attached hydrogen (secondary N) is 1. The normalized spacial score (nSPS) is 12.6. The first kappa shape index (κ1) is 22.6. The number of nitrogens with zero attached hydrogens (tertiary/aromatic N) is 2. The number of aliphatic hydroxyl groups excluding tert-OH is 1. The van der Waals surface area contributed by atoms with E-state index in [2.05, 4.69) is 22.3 Å². The zero-order chi connectivity index (χ0) is 22.3. The highest BCUT2D eigenvalue weighted by Crippen LogP contribution is 2.19. The van der Waals surface area contributed by atoms with Crippen LogP contribution in [-0.4, -0.2) is 59.0 Å². The van der Waals surface area contributed by atoms with Crippen LogP contribution in [0.3, 0.4) is 0 Å². The van der Waals surface area contributed by atoms with Crippen LogP contribution in [0.1, 0.15) is 34.3 Å². The predicted octanol–water partition coefficient (Wildman–Crippen LogP) is 1.19. The summed E-state index contributed by atoms with van der Waals surface area (Å²) in [6.45, 7) is 2.23. The van der Waals surface area contributed by atoms with Crippen molar-refractivity contribution in [2.75, 3.05) is 20.7 Å². The second-order valence-electron chi connectivity index (χ2n) is 6.64. The Balaban J connectivity index is 2.16. The number of rotatable bonds is 6. The molecule has 8 heteroatoms. The smallest absolute Gasteiger partial charge is 0.254 e. The number of hydrogen-bond acceptors (Lipinski definition) is 6. The van der Waals surface area contributed by atoms with Crippen molar-refractivity contribution >= 4 is 23.7 Å². The summed E-state index contributed by atoms with van der Waals surface area (Å²) in [5, 5.41) is 15.4. The van der Waals surface area contributed by atoms with Crippen molar-refractivity contribution in [1.82, 2.24) is 15.4 Å². The highest BCUT2D eigenvalue weighted by Gasteiger charge is 2.46. The summed E-state index contributed by atoms with van der Waals surface area (Å²) in [5.74, 6) is 4.50. The van der Waals surface area contributed by atoms with E-state index >= 15 is 0 Å². The summed E-state index contributed by atoms with van der Waals surface area (Å²) in [4.78, 5) is 38.3. The standard InChI is InChI=1S/C22H23N3O5/c1-15-13-18(24-30-15)8-6-5-7-16-9-11-17(12-10-16)20(28)25(4)22(2,19(27)14-26)21(29)23-3/h6,8-13,26H,14H2,1-4H3,(H,23,29)/t22-/m1/s1. The average Bonchev–Trinajstić information content (AvgIpc) is 3.19. The maximum atomic E-state index is 12.8. The van der Waals surface area contributed by atoms with E-state index in [0.717, 1.165) is 4.90 Å². The molecule has 0 unspecified atom stereocenters. The zero-order valence-electron chi connectivity index (χ0n) is 17.2. The van der Waals surface area contributed by atoms with Crippen molar-refractivity contribution in [1.29, 1.82) is 0 Å². The molecule has 8 nitrogen and oxygen atoms in total. The molecule has 30 heavy (non-hydrogen) atoms. The van der Waals surface area contributed by atoms with E-state index in [1.807, 2.05) is 0 Å². The molecule has 0 saturated heterocycles. The van der Waals surface area contributed by atoms with E-state index in [1.54, 1.807) is 49.4 Å². The third-order valence-corrected chi connectivity index (χ3v) is 4.66. The minimum atomic E-state index is -1.83. The van der Waals surface area contributed by atoms with E-state index in [0.29, 0.717) is 17.0 Å².